The lowest BCUT2D eigenvalue weighted by Gasteiger charge is -2.23. The first-order chi connectivity index (χ1) is 10.1. The van der Waals surface area contributed by atoms with Crippen molar-refractivity contribution >= 4 is 38.7 Å². The van der Waals surface area contributed by atoms with E-state index in [2.05, 4.69) is 25.5 Å². The van der Waals surface area contributed by atoms with Gasteiger partial charge in [0.05, 0.1) is 5.38 Å². The van der Waals surface area contributed by atoms with Crippen molar-refractivity contribution in [3.63, 3.8) is 0 Å². The van der Waals surface area contributed by atoms with Gasteiger partial charge in [0.2, 0.25) is 0 Å². The molecule has 4 rings (SSSR count). The summed E-state index contributed by atoms with van der Waals surface area (Å²) >= 11 is 9.83. The number of aromatic nitrogens is 3. The fourth-order valence-electron chi connectivity index (χ4n) is 4.32. The van der Waals surface area contributed by atoms with Crippen molar-refractivity contribution in [2.75, 3.05) is 0 Å². The van der Waals surface area contributed by atoms with Crippen molar-refractivity contribution < 1.29 is 0 Å². The Morgan fingerprint density at radius 2 is 2.29 bits per heavy atom. The van der Waals surface area contributed by atoms with Crippen LogP contribution in [-0.4, -0.2) is 14.5 Å². The van der Waals surface area contributed by atoms with Gasteiger partial charge in [0.1, 0.15) is 11.3 Å². The molecule has 2 heterocycles. The Hall–Kier alpha value is -0.610. The van der Waals surface area contributed by atoms with Crippen LogP contribution >= 0.6 is 27.5 Å². The number of halogens is 2. The van der Waals surface area contributed by atoms with Crippen LogP contribution in [0, 0.1) is 17.8 Å². The summed E-state index contributed by atoms with van der Waals surface area (Å²) < 4.78 is 3.23. The number of rotatable bonds is 3. The maximum Gasteiger partial charge on any atom is 0.160 e. The number of imidazole rings is 1. The Morgan fingerprint density at radius 3 is 2.95 bits per heavy atom. The lowest BCUT2D eigenvalue weighted by molar-refractivity contribution is 0.295. The van der Waals surface area contributed by atoms with Gasteiger partial charge in [-0.15, -0.1) is 11.6 Å². The van der Waals surface area contributed by atoms with Crippen LogP contribution in [0.4, 0.5) is 0 Å². The second-order valence-electron chi connectivity index (χ2n) is 6.63. The van der Waals surface area contributed by atoms with Gasteiger partial charge in [0.15, 0.2) is 5.65 Å². The molecule has 5 heteroatoms. The minimum Gasteiger partial charge on any atom is -0.311 e. The molecule has 2 bridgehead atoms. The van der Waals surface area contributed by atoms with Crippen molar-refractivity contribution in [2.24, 2.45) is 17.8 Å². The van der Waals surface area contributed by atoms with E-state index in [0.29, 0.717) is 0 Å². The Morgan fingerprint density at radius 1 is 1.43 bits per heavy atom. The zero-order chi connectivity index (χ0) is 14.6. The van der Waals surface area contributed by atoms with E-state index < -0.39 is 0 Å². The first-order valence-electron chi connectivity index (χ1n) is 7.77. The van der Waals surface area contributed by atoms with Gasteiger partial charge >= 0.3 is 0 Å². The van der Waals surface area contributed by atoms with Crippen LogP contribution < -0.4 is 0 Å². The van der Waals surface area contributed by atoms with E-state index in [4.69, 9.17) is 16.6 Å². The van der Waals surface area contributed by atoms with Gasteiger partial charge in [0.25, 0.3) is 0 Å². The molecule has 2 aromatic heterocycles. The zero-order valence-corrected chi connectivity index (χ0v) is 14.4. The predicted molar refractivity (Wildman–Crippen MR) is 88.4 cm³/mol. The molecular weight excluding hydrogens is 350 g/mol. The number of alkyl halides is 1. The fourth-order valence-corrected chi connectivity index (χ4v) is 4.81. The molecule has 112 valence electrons. The lowest BCUT2D eigenvalue weighted by Crippen LogP contribution is -2.19. The summed E-state index contributed by atoms with van der Waals surface area (Å²) in [4.78, 5) is 9.30. The molecule has 3 nitrogen and oxygen atoms in total. The molecule has 2 fully saturated rings. The van der Waals surface area contributed by atoms with E-state index in [1.165, 1.54) is 25.7 Å². The molecule has 2 aliphatic carbocycles. The van der Waals surface area contributed by atoms with Crippen molar-refractivity contribution in [3.8, 4) is 0 Å². The topological polar surface area (TPSA) is 30.7 Å². The van der Waals surface area contributed by atoms with Crippen LogP contribution in [0.5, 0.6) is 0 Å². The van der Waals surface area contributed by atoms with Gasteiger partial charge in [-0.1, -0.05) is 6.42 Å². The highest BCUT2D eigenvalue weighted by Gasteiger charge is 2.40. The Labute approximate surface area is 138 Å². The highest BCUT2D eigenvalue weighted by molar-refractivity contribution is 9.10. The van der Waals surface area contributed by atoms with Crippen LogP contribution in [0.25, 0.3) is 11.2 Å². The average molecular weight is 369 g/mol. The zero-order valence-electron chi connectivity index (χ0n) is 12.1. The highest BCUT2D eigenvalue weighted by Crippen LogP contribution is 2.49. The van der Waals surface area contributed by atoms with Crippen molar-refractivity contribution in [1.29, 1.82) is 0 Å². The van der Waals surface area contributed by atoms with E-state index >= 15 is 0 Å². The smallest absolute Gasteiger partial charge is 0.160 e. The van der Waals surface area contributed by atoms with E-state index in [9.17, 15) is 0 Å². The number of hydrogen-bond acceptors (Lipinski definition) is 2. The van der Waals surface area contributed by atoms with E-state index in [-0.39, 0.29) is 5.38 Å². The molecule has 0 N–H and O–H groups in total. The quantitative estimate of drug-likeness (QED) is 0.719. The summed E-state index contributed by atoms with van der Waals surface area (Å²) in [6.07, 6.45) is 7.51. The SMILES string of the molecule is CC(Cl)c1nc2cc(Br)cnc2n1CC1CC2CCC1C2. The van der Waals surface area contributed by atoms with Gasteiger partial charge in [-0.05, 0) is 65.9 Å². The van der Waals surface area contributed by atoms with Crippen LogP contribution in [0.2, 0.25) is 0 Å². The molecule has 0 radical (unpaired) electrons. The molecule has 4 atom stereocenters. The molecule has 2 aromatic rings. The number of nitrogens with zero attached hydrogens (tertiary/aromatic N) is 3. The van der Waals surface area contributed by atoms with Crippen molar-refractivity contribution in [3.05, 3.63) is 22.6 Å². The third kappa shape index (κ3) is 2.40. The van der Waals surface area contributed by atoms with Crippen LogP contribution in [0.3, 0.4) is 0 Å². The van der Waals surface area contributed by atoms with E-state index in [0.717, 1.165) is 45.8 Å². The van der Waals surface area contributed by atoms with Gasteiger partial charge in [0, 0.05) is 17.2 Å². The summed E-state index contributed by atoms with van der Waals surface area (Å²) in [6, 6.07) is 2.03. The first kappa shape index (κ1) is 14.0. The Bertz CT molecular complexity index is 681. The van der Waals surface area contributed by atoms with Gasteiger partial charge in [-0.25, -0.2) is 9.97 Å². The maximum atomic E-state index is 6.36. The molecule has 0 amide bonds. The Balaban J connectivity index is 1.73. The molecule has 4 unspecified atom stereocenters. The van der Waals surface area contributed by atoms with E-state index in [1.807, 2.05) is 19.2 Å². The predicted octanol–water partition coefficient (Wildman–Crippen LogP) is 4.93. The molecule has 21 heavy (non-hydrogen) atoms. The van der Waals surface area contributed by atoms with Crippen LogP contribution in [0.15, 0.2) is 16.7 Å². The van der Waals surface area contributed by atoms with Crippen molar-refractivity contribution in [2.45, 2.75) is 44.5 Å². The third-order valence-electron chi connectivity index (χ3n) is 5.24. The monoisotopic (exact) mass is 367 g/mol. The standard InChI is InChI=1S/C16H19BrClN3/c1-9(18)15-20-14-6-13(17)7-19-16(14)21(15)8-12-5-10-2-3-11(12)4-10/h6-7,9-12H,2-5,8H2,1H3. The summed E-state index contributed by atoms with van der Waals surface area (Å²) in [5.74, 6) is 3.61. The van der Waals surface area contributed by atoms with Gasteiger partial charge in [-0.3, -0.25) is 0 Å². The number of pyridine rings is 1. The molecule has 0 aliphatic heterocycles. The molecular formula is C16H19BrClN3. The molecule has 2 aliphatic rings. The summed E-state index contributed by atoms with van der Waals surface area (Å²) in [5, 5.41) is -0.0865. The van der Waals surface area contributed by atoms with E-state index in [1.54, 1.807) is 0 Å². The summed E-state index contributed by atoms with van der Waals surface area (Å²) in [5.41, 5.74) is 1.92. The first-order valence-corrected chi connectivity index (χ1v) is 9.00. The summed E-state index contributed by atoms with van der Waals surface area (Å²) in [6.45, 7) is 3.02. The second-order valence-corrected chi connectivity index (χ2v) is 8.20. The molecule has 0 saturated heterocycles. The van der Waals surface area contributed by atoms with Gasteiger partial charge < -0.3 is 4.57 Å². The maximum absolute atomic E-state index is 6.36. The van der Waals surface area contributed by atoms with Crippen molar-refractivity contribution in [1.82, 2.24) is 14.5 Å². The minimum absolute atomic E-state index is 0.0865. The number of fused-ring (bicyclic) bond motifs is 3. The second kappa shape index (κ2) is 5.24. The molecule has 0 spiro atoms. The fraction of sp³-hybridized carbons (Fsp3) is 0.625. The normalized spacial score (nSPS) is 29.4. The Kier molecular flexibility index (Phi) is 3.49. The minimum atomic E-state index is -0.0865. The highest BCUT2D eigenvalue weighted by atomic mass is 79.9. The molecule has 0 aromatic carbocycles. The van der Waals surface area contributed by atoms with Crippen LogP contribution in [-0.2, 0) is 6.54 Å². The molecule has 2 saturated carbocycles. The largest absolute Gasteiger partial charge is 0.311 e. The average Bonchev–Trinajstić information content (AvgIpc) is 3.12. The summed E-state index contributed by atoms with van der Waals surface area (Å²) in [7, 11) is 0. The van der Waals surface area contributed by atoms with Gasteiger partial charge in [-0.2, -0.15) is 0 Å². The number of hydrogen-bond donors (Lipinski definition) is 0. The van der Waals surface area contributed by atoms with Crippen LogP contribution in [0.1, 0.15) is 43.8 Å². The third-order valence-corrected chi connectivity index (χ3v) is 5.87. The lowest BCUT2D eigenvalue weighted by atomic mass is 9.89.